The number of aryl methyl sites for hydroxylation is 1. The number of fused-ring (bicyclic) bond motifs is 2. The largest absolute Gasteiger partial charge is 0.444 e. The highest BCUT2D eigenvalue weighted by Gasteiger charge is 2.43. The second-order valence-corrected chi connectivity index (χ2v) is 14.8. The highest BCUT2D eigenvalue weighted by Crippen LogP contribution is 2.34. The number of amides is 3. The minimum atomic E-state index is -1.13. The molecule has 4 unspecified atom stereocenters. The Labute approximate surface area is 277 Å². The molecule has 1 heterocycles. The van der Waals surface area contributed by atoms with E-state index in [2.05, 4.69) is 22.8 Å². The molecular formula is C35H49N5O7. The van der Waals surface area contributed by atoms with Crippen LogP contribution in [0.4, 0.5) is 10.5 Å². The summed E-state index contributed by atoms with van der Waals surface area (Å²) >= 11 is 0. The van der Waals surface area contributed by atoms with Crippen LogP contribution in [0.5, 0.6) is 0 Å². The van der Waals surface area contributed by atoms with Crippen LogP contribution in [-0.2, 0) is 33.7 Å². The smallest absolute Gasteiger partial charge is 0.410 e. The van der Waals surface area contributed by atoms with Gasteiger partial charge >= 0.3 is 6.09 Å². The number of rotatable bonds is 8. The number of nitro groups is 1. The number of likely N-dealkylation sites (N-methyl/N-ethyl adjacent to an activating group) is 1. The lowest BCUT2D eigenvalue weighted by molar-refractivity contribution is -0.385. The molecule has 0 fully saturated rings. The molecule has 2 aliphatic rings. The van der Waals surface area contributed by atoms with Crippen LogP contribution in [0, 0.1) is 15.5 Å². The summed E-state index contributed by atoms with van der Waals surface area (Å²) in [7, 11) is 1.46. The number of nitrogens with one attached hydrogen (secondary N) is 2. The Balaban J connectivity index is 1.64. The van der Waals surface area contributed by atoms with E-state index in [1.807, 2.05) is 32.9 Å². The third-order valence-electron chi connectivity index (χ3n) is 9.00. The zero-order chi connectivity index (χ0) is 34.8. The van der Waals surface area contributed by atoms with Crippen molar-refractivity contribution in [2.24, 2.45) is 5.41 Å². The first-order valence-corrected chi connectivity index (χ1v) is 16.2. The second-order valence-electron chi connectivity index (χ2n) is 14.8. The molecule has 0 bridgehead atoms. The van der Waals surface area contributed by atoms with E-state index in [9.17, 15) is 29.6 Å². The van der Waals surface area contributed by atoms with Crippen molar-refractivity contribution >= 4 is 23.6 Å². The Morgan fingerprint density at radius 1 is 1.06 bits per heavy atom. The average molecular weight is 652 g/mol. The van der Waals surface area contributed by atoms with Crippen molar-refractivity contribution in [1.82, 2.24) is 20.4 Å². The Morgan fingerprint density at radius 2 is 1.74 bits per heavy atom. The quantitative estimate of drug-likeness (QED) is 0.212. The van der Waals surface area contributed by atoms with Crippen LogP contribution in [0.15, 0.2) is 42.5 Å². The highest BCUT2D eigenvalue weighted by molar-refractivity contribution is 5.92. The SMILES string of the molecule is C[C@H](C(=O)NC(C(=O)N1Cc2cc([N+](=O)[O-])ccc2CC1C(O)NC1CCCc2ccccc21)C(C)(C)C)N(C)C(=O)OC(C)(C)C. The minimum absolute atomic E-state index is 0.0102. The van der Waals surface area contributed by atoms with Crippen molar-refractivity contribution in [3.05, 3.63) is 74.8 Å². The van der Waals surface area contributed by atoms with E-state index in [0.717, 1.165) is 30.4 Å². The predicted molar refractivity (Wildman–Crippen MR) is 177 cm³/mol. The number of carbonyl (C=O) groups is 3. The molecule has 2 aromatic carbocycles. The summed E-state index contributed by atoms with van der Waals surface area (Å²) in [6, 6.07) is 9.85. The van der Waals surface area contributed by atoms with E-state index in [0.29, 0.717) is 5.56 Å². The molecule has 1 aliphatic heterocycles. The summed E-state index contributed by atoms with van der Waals surface area (Å²) in [5.74, 6) is -0.987. The van der Waals surface area contributed by atoms with Crippen LogP contribution < -0.4 is 10.6 Å². The van der Waals surface area contributed by atoms with Gasteiger partial charge in [0, 0.05) is 31.8 Å². The van der Waals surface area contributed by atoms with E-state index in [4.69, 9.17) is 4.74 Å². The summed E-state index contributed by atoms with van der Waals surface area (Å²) in [5, 5.41) is 29.6. The first-order chi connectivity index (χ1) is 21.9. The van der Waals surface area contributed by atoms with Crippen molar-refractivity contribution in [2.45, 2.75) is 117 Å². The molecule has 1 aliphatic carbocycles. The van der Waals surface area contributed by atoms with Crippen LogP contribution in [-0.4, -0.2) is 74.7 Å². The van der Waals surface area contributed by atoms with Crippen LogP contribution in [0.25, 0.3) is 0 Å². The van der Waals surface area contributed by atoms with Crippen LogP contribution in [0.2, 0.25) is 0 Å². The van der Waals surface area contributed by atoms with Gasteiger partial charge in [-0.1, -0.05) is 51.1 Å². The van der Waals surface area contributed by atoms with Crippen molar-refractivity contribution < 1.29 is 29.2 Å². The molecule has 0 spiro atoms. The number of non-ortho nitro benzene ring substituents is 1. The summed E-state index contributed by atoms with van der Waals surface area (Å²) < 4.78 is 5.42. The molecule has 3 N–H and O–H groups in total. The molecule has 0 aromatic heterocycles. The lowest BCUT2D eigenvalue weighted by Gasteiger charge is -2.44. The first-order valence-electron chi connectivity index (χ1n) is 16.2. The maximum atomic E-state index is 14.6. The standard InChI is InChI=1S/C35H49N5O7/c1-21(38(8)33(44)47-35(5,6)7)30(41)37-29(34(2,3)4)32(43)39-20-24-18-25(40(45)46)17-16-23(24)19-28(39)31(42)36-27-15-11-13-22-12-9-10-14-26(22)27/h9-10,12,14,16-18,21,27-29,31,36,42H,11,13,15,19-20H2,1-8H3,(H,37,41)/t21-,27?,28?,29?,31?/m1/s1. The van der Waals surface area contributed by atoms with Gasteiger partial charge in [0.15, 0.2) is 0 Å². The zero-order valence-corrected chi connectivity index (χ0v) is 28.7. The van der Waals surface area contributed by atoms with Crippen LogP contribution in [0.1, 0.15) is 89.6 Å². The normalized spacial score (nSPS) is 19.8. The second kappa shape index (κ2) is 14.0. The Bertz CT molecular complexity index is 1500. The Morgan fingerprint density at radius 3 is 2.38 bits per heavy atom. The van der Waals surface area contributed by atoms with Crippen molar-refractivity contribution in [3.8, 4) is 0 Å². The molecular weight excluding hydrogens is 602 g/mol. The first kappa shape index (κ1) is 35.8. The van der Waals surface area contributed by atoms with Gasteiger partial charge in [-0.2, -0.15) is 0 Å². The van der Waals surface area contributed by atoms with E-state index >= 15 is 0 Å². The Kier molecular flexibility index (Phi) is 10.7. The topological polar surface area (TPSA) is 154 Å². The van der Waals surface area contributed by atoms with Crippen LogP contribution in [0.3, 0.4) is 0 Å². The highest BCUT2D eigenvalue weighted by atomic mass is 16.6. The maximum absolute atomic E-state index is 14.6. The molecule has 3 amide bonds. The number of nitro benzene ring substituents is 1. The predicted octanol–water partition coefficient (Wildman–Crippen LogP) is 4.62. The van der Waals surface area contributed by atoms with Crippen LogP contribution >= 0.6 is 0 Å². The maximum Gasteiger partial charge on any atom is 0.410 e. The van der Waals surface area contributed by atoms with Crippen molar-refractivity contribution in [3.63, 3.8) is 0 Å². The number of nitrogens with zero attached hydrogens (tertiary/aromatic N) is 3. The van der Waals surface area contributed by atoms with E-state index < -0.39 is 58.2 Å². The van der Waals surface area contributed by atoms with Gasteiger partial charge in [-0.05, 0) is 81.0 Å². The molecule has 0 radical (unpaired) electrons. The molecule has 12 nitrogen and oxygen atoms in total. The third-order valence-corrected chi connectivity index (χ3v) is 9.00. The Hall–Kier alpha value is -4.03. The molecule has 256 valence electrons. The molecule has 0 saturated carbocycles. The fraction of sp³-hybridized carbons (Fsp3) is 0.571. The number of carbonyl (C=O) groups excluding carboxylic acids is 3. The van der Waals surface area contributed by atoms with Gasteiger partial charge in [-0.3, -0.25) is 29.9 Å². The lowest BCUT2D eigenvalue weighted by atomic mass is 9.83. The van der Waals surface area contributed by atoms with Gasteiger partial charge in [0.25, 0.3) is 5.69 Å². The molecule has 12 heteroatoms. The molecule has 0 saturated heterocycles. The van der Waals surface area contributed by atoms with E-state index in [-0.39, 0.29) is 24.7 Å². The third kappa shape index (κ3) is 8.47. The molecule has 2 aromatic rings. The monoisotopic (exact) mass is 651 g/mol. The van der Waals surface area contributed by atoms with E-state index in [1.54, 1.807) is 33.8 Å². The number of ether oxygens (including phenoxy) is 1. The minimum Gasteiger partial charge on any atom is -0.444 e. The molecule has 5 atom stereocenters. The van der Waals surface area contributed by atoms with Gasteiger partial charge in [0.1, 0.15) is 23.9 Å². The molecule has 4 rings (SSSR count). The van der Waals surface area contributed by atoms with Gasteiger partial charge in [-0.25, -0.2) is 4.79 Å². The van der Waals surface area contributed by atoms with Gasteiger partial charge < -0.3 is 20.1 Å². The van der Waals surface area contributed by atoms with Gasteiger partial charge in [0.2, 0.25) is 11.8 Å². The lowest BCUT2D eigenvalue weighted by Crippen LogP contribution is -2.63. The van der Waals surface area contributed by atoms with Gasteiger partial charge in [-0.15, -0.1) is 0 Å². The summed E-state index contributed by atoms with van der Waals surface area (Å²) in [5.41, 5.74) is 2.13. The summed E-state index contributed by atoms with van der Waals surface area (Å²) in [6.07, 6.45) is 1.18. The van der Waals surface area contributed by atoms with Gasteiger partial charge in [0.05, 0.1) is 11.0 Å². The molecule has 47 heavy (non-hydrogen) atoms. The summed E-state index contributed by atoms with van der Waals surface area (Å²) in [6.45, 7) is 12.2. The number of hydrogen-bond acceptors (Lipinski definition) is 8. The van der Waals surface area contributed by atoms with Crippen molar-refractivity contribution in [2.75, 3.05) is 7.05 Å². The van der Waals surface area contributed by atoms with E-state index in [1.165, 1.54) is 34.5 Å². The fourth-order valence-corrected chi connectivity index (χ4v) is 6.22. The summed E-state index contributed by atoms with van der Waals surface area (Å²) in [4.78, 5) is 54.6. The number of hydrogen-bond donors (Lipinski definition) is 3. The number of aliphatic hydroxyl groups is 1. The van der Waals surface area contributed by atoms with Crippen molar-refractivity contribution in [1.29, 1.82) is 0 Å². The number of benzene rings is 2. The zero-order valence-electron chi connectivity index (χ0n) is 28.7. The fourth-order valence-electron chi connectivity index (χ4n) is 6.22. The number of aliphatic hydroxyl groups excluding tert-OH is 1. The average Bonchev–Trinajstić information content (AvgIpc) is 3.00.